The van der Waals surface area contributed by atoms with Gasteiger partial charge in [-0.05, 0) is 42.4 Å². The van der Waals surface area contributed by atoms with Crippen LogP contribution in [0.15, 0.2) is 54.6 Å². The Labute approximate surface area is 162 Å². The summed E-state index contributed by atoms with van der Waals surface area (Å²) in [5, 5.41) is 0. The molecule has 0 saturated heterocycles. The van der Waals surface area contributed by atoms with Crippen LogP contribution in [0.1, 0.15) is 87.8 Å². The molecule has 2 rings (SSSR count). The highest BCUT2D eigenvalue weighted by Gasteiger charge is 2.03. The highest BCUT2D eigenvalue weighted by atomic mass is 14.1. The van der Waals surface area contributed by atoms with Gasteiger partial charge in [-0.1, -0.05) is 119 Å². The van der Waals surface area contributed by atoms with E-state index in [0.29, 0.717) is 0 Å². The Hall–Kier alpha value is -1.56. The topological polar surface area (TPSA) is 0 Å². The number of aryl methyl sites for hydroxylation is 3. The third-order valence-corrected chi connectivity index (χ3v) is 5.44. The van der Waals surface area contributed by atoms with Crippen LogP contribution in [-0.4, -0.2) is 0 Å². The first-order valence-corrected chi connectivity index (χ1v) is 11.0. The molecule has 0 N–H and O–H groups in total. The Morgan fingerprint density at radius 1 is 0.462 bits per heavy atom. The third-order valence-electron chi connectivity index (χ3n) is 5.44. The van der Waals surface area contributed by atoms with Crippen molar-refractivity contribution in [2.24, 2.45) is 0 Å². The molecule has 0 atom stereocenters. The number of rotatable bonds is 14. The van der Waals surface area contributed by atoms with Gasteiger partial charge in [0.2, 0.25) is 0 Å². The van der Waals surface area contributed by atoms with E-state index in [9.17, 15) is 0 Å². The van der Waals surface area contributed by atoms with Gasteiger partial charge in [0.15, 0.2) is 0 Å². The second-order valence-electron chi connectivity index (χ2n) is 7.69. The average Bonchev–Trinajstić information content (AvgIpc) is 2.69. The summed E-state index contributed by atoms with van der Waals surface area (Å²) in [4.78, 5) is 0. The molecule has 2 aromatic rings. The van der Waals surface area contributed by atoms with Crippen molar-refractivity contribution in [3.63, 3.8) is 0 Å². The van der Waals surface area contributed by atoms with Gasteiger partial charge in [0.25, 0.3) is 0 Å². The molecule has 0 aliphatic rings. The first-order chi connectivity index (χ1) is 12.9. The van der Waals surface area contributed by atoms with Crippen molar-refractivity contribution in [1.82, 2.24) is 0 Å². The van der Waals surface area contributed by atoms with E-state index in [1.54, 1.807) is 11.1 Å². The van der Waals surface area contributed by atoms with Gasteiger partial charge >= 0.3 is 0 Å². The standard InChI is InChI=1S/C26H38/c1-2-3-4-5-6-7-8-9-10-14-19-25-20-15-16-21-26(25)23-22-24-17-12-11-13-18-24/h11-13,15-18,20-21H,2-10,14,19,22-23H2,1H3. The summed E-state index contributed by atoms with van der Waals surface area (Å²) in [7, 11) is 0. The Morgan fingerprint density at radius 3 is 1.58 bits per heavy atom. The van der Waals surface area contributed by atoms with Crippen molar-refractivity contribution in [3.05, 3.63) is 71.3 Å². The molecule has 0 unspecified atom stereocenters. The van der Waals surface area contributed by atoms with Gasteiger partial charge in [0.05, 0.1) is 0 Å². The maximum atomic E-state index is 2.34. The van der Waals surface area contributed by atoms with Crippen LogP contribution >= 0.6 is 0 Å². The molecule has 0 heterocycles. The van der Waals surface area contributed by atoms with Crippen molar-refractivity contribution >= 4 is 0 Å². The fourth-order valence-electron chi connectivity index (χ4n) is 3.77. The van der Waals surface area contributed by atoms with E-state index in [4.69, 9.17) is 0 Å². The molecule has 26 heavy (non-hydrogen) atoms. The average molecular weight is 351 g/mol. The van der Waals surface area contributed by atoms with E-state index in [0.717, 1.165) is 12.8 Å². The second kappa shape index (κ2) is 13.6. The normalized spacial score (nSPS) is 11.0. The molecule has 2 aromatic carbocycles. The number of hydrogen-bond donors (Lipinski definition) is 0. The van der Waals surface area contributed by atoms with Crippen LogP contribution in [0.3, 0.4) is 0 Å². The predicted molar refractivity (Wildman–Crippen MR) is 116 cm³/mol. The third kappa shape index (κ3) is 8.70. The molecule has 0 saturated carbocycles. The monoisotopic (exact) mass is 350 g/mol. The Kier molecular flexibility index (Phi) is 10.9. The van der Waals surface area contributed by atoms with E-state index < -0.39 is 0 Å². The van der Waals surface area contributed by atoms with Crippen LogP contribution in [0, 0.1) is 0 Å². The second-order valence-corrected chi connectivity index (χ2v) is 7.69. The molecule has 0 aliphatic carbocycles. The Balaban J connectivity index is 1.60. The molecule has 0 aromatic heterocycles. The predicted octanol–water partition coefficient (Wildman–Crippen LogP) is 7.94. The number of hydrogen-bond acceptors (Lipinski definition) is 0. The van der Waals surface area contributed by atoms with Gasteiger partial charge in [-0.25, -0.2) is 0 Å². The highest BCUT2D eigenvalue weighted by molar-refractivity contribution is 5.28. The van der Waals surface area contributed by atoms with Crippen molar-refractivity contribution < 1.29 is 0 Å². The van der Waals surface area contributed by atoms with Crippen LogP contribution in [0.2, 0.25) is 0 Å². The highest BCUT2D eigenvalue weighted by Crippen LogP contribution is 2.17. The van der Waals surface area contributed by atoms with E-state index >= 15 is 0 Å². The number of unbranched alkanes of at least 4 members (excludes halogenated alkanes) is 9. The summed E-state index contributed by atoms with van der Waals surface area (Å²) in [6.45, 7) is 2.29. The minimum Gasteiger partial charge on any atom is -0.0654 e. The van der Waals surface area contributed by atoms with Gasteiger partial charge in [0, 0.05) is 0 Å². The maximum Gasteiger partial charge on any atom is -0.0236 e. The van der Waals surface area contributed by atoms with Gasteiger partial charge in [0.1, 0.15) is 0 Å². The minimum absolute atomic E-state index is 1.15. The fourth-order valence-corrected chi connectivity index (χ4v) is 3.77. The van der Waals surface area contributed by atoms with E-state index in [2.05, 4.69) is 61.5 Å². The number of benzene rings is 2. The van der Waals surface area contributed by atoms with E-state index in [1.807, 2.05) is 0 Å². The lowest BCUT2D eigenvalue weighted by Gasteiger charge is -2.10. The molecule has 0 heteroatoms. The van der Waals surface area contributed by atoms with Crippen molar-refractivity contribution in [3.8, 4) is 0 Å². The van der Waals surface area contributed by atoms with Gasteiger partial charge in [-0.15, -0.1) is 0 Å². The first kappa shape index (κ1) is 20.7. The van der Waals surface area contributed by atoms with Crippen molar-refractivity contribution in [2.75, 3.05) is 0 Å². The molecule has 142 valence electrons. The summed E-state index contributed by atoms with van der Waals surface area (Å²) >= 11 is 0. The molecular weight excluding hydrogens is 312 g/mol. The fraction of sp³-hybridized carbons (Fsp3) is 0.538. The van der Waals surface area contributed by atoms with Crippen LogP contribution in [0.5, 0.6) is 0 Å². The molecule has 0 bridgehead atoms. The largest absolute Gasteiger partial charge is 0.0654 e. The van der Waals surface area contributed by atoms with Gasteiger partial charge < -0.3 is 0 Å². The van der Waals surface area contributed by atoms with Crippen LogP contribution in [0.25, 0.3) is 0 Å². The Morgan fingerprint density at radius 2 is 0.962 bits per heavy atom. The molecule has 0 radical (unpaired) electrons. The molecule has 0 fully saturated rings. The smallest absolute Gasteiger partial charge is 0.0236 e. The van der Waals surface area contributed by atoms with E-state index in [-0.39, 0.29) is 0 Å². The Bertz CT molecular complexity index is 570. The molecular formula is C26H38. The first-order valence-electron chi connectivity index (χ1n) is 11.0. The maximum absolute atomic E-state index is 2.34. The van der Waals surface area contributed by atoms with Gasteiger partial charge in [-0.2, -0.15) is 0 Å². The van der Waals surface area contributed by atoms with Gasteiger partial charge in [-0.3, -0.25) is 0 Å². The SMILES string of the molecule is CCCCCCCCCCCCc1ccccc1CCc1ccccc1. The lowest BCUT2D eigenvalue weighted by Crippen LogP contribution is -1.97. The molecule has 0 aliphatic heterocycles. The molecule has 0 nitrogen and oxygen atoms in total. The summed E-state index contributed by atoms with van der Waals surface area (Å²) < 4.78 is 0. The summed E-state index contributed by atoms with van der Waals surface area (Å²) in [5.41, 5.74) is 4.57. The summed E-state index contributed by atoms with van der Waals surface area (Å²) in [6.07, 6.45) is 17.7. The molecule has 0 spiro atoms. The van der Waals surface area contributed by atoms with E-state index in [1.165, 1.54) is 76.2 Å². The quantitative estimate of drug-likeness (QED) is 0.303. The lowest BCUT2D eigenvalue weighted by atomic mass is 9.96. The molecule has 0 amide bonds. The van der Waals surface area contributed by atoms with Crippen molar-refractivity contribution in [2.45, 2.75) is 90.4 Å². The van der Waals surface area contributed by atoms with Crippen LogP contribution < -0.4 is 0 Å². The summed E-state index contributed by atoms with van der Waals surface area (Å²) in [5.74, 6) is 0. The lowest BCUT2D eigenvalue weighted by molar-refractivity contribution is 0.556. The minimum atomic E-state index is 1.15. The zero-order valence-electron chi connectivity index (χ0n) is 16.9. The summed E-state index contributed by atoms with van der Waals surface area (Å²) in [6, 6.07) is 19.9. The zero-order chi connectivity index (χ0) is 18.3. The van der Waals surface area contributed by atoms with Crippen LogP contribution in [-0.2, 0) is 19.3 Å². The zero-order valence-corrected chi connectivity index (χ0v) is 16.9. The van der Waals surface area contributed by atoms with Crippen molar-refractivity contribution in [1.29, 1.82) is 0 Å². The van der Waals surface area contributed by atoms with Crippen LogP contribution in [0.4, 0.5) is 0 Å².